The normalized spacial score (nSPS) is 24.7. The SMILES string of the molecule is C[C@@H]1CC=CC[C@H]1COC(=O)CSC(C)(C)C. The first-order valence-corrected chi connectivity index (χ1v) is 7.31. The summed E-state index contributed by atoms with van der Waals surface area (Å²) in [5.74, 6) is 1.51. The van der Waals surface area contributed by atoms with Crippen LogP contribution in [0.5, 0.6) is 0 Å². The highest BCUT2D eigenvalue weighted by atomic mass is 32.2. The van der Waals surface area contributed by atoms with Gasteiger partial charge >= 0.3 is 5.97 Å². The van der Waals surface area contributed by atoms with Crippen LogP contribution >= 0.6 is 11.8 Å². The smallest absolute Gasteiger partial charge is 0.315 e. The maximum atomic E-state index is 11.6. The minimum atomic E-state index is -0.0771. The van der Waals surface area contributed by atoms with Gasteiger partial charge < -0.3 is 4.74 Å². The highest BCUT2D eigenvalue weighted by molar-refractivity contribution is 8.01. The molecule has 0 amide bonds. The van der Waals surface area contributed by atoms with Gasteiger partial charge in [-0.05, 0) is 24.7 Å². The summed E-state index contributed by atoms with van der Waals surface area (Å²) in [7, 11) is 0. The predicted molar refractivity (Wildman–Crippen MR) is 74.2 cm³/mol. The van der Waals surface area contributed by atoms with Crippen molar-refractivity contribution in [2.75, 3.05) is 12.4 Å². The minimum Gasteiger partial charge on any atom is -0.465 e. The van der Waals surface area contributed by atoms with Crippen molar-refractivity contribution in [1.29, 1.82) is 0 Å². The van der Waals surface area contributed by atoms with Crippen LogP contribution in [-0.4, -0.2) is 23.1 Å². The predicted octanol–water partition coefficient (Wildman–Crippen LogP) is 3.66. The molecule has 0 unspecified atom stereocenters. The third-order valence-electron chi connectivity index (χ3n) is 3.00. The Morgan fingerprint density at radius 3 is 2.59 bits per heavy atom. The van der Waals surface area contributed by atoms with Crippen molar-refractivity contribution in [2.45, 2.75) is 45.3 Å². The molecule has 0 heterocycles. The number of rotatable bonds is 4. The molecular weight excluding hydrogens is 232 g/mol. The molecule has 0 fully saturated rings. The van der Waals surface area contributed by atoms with Crippen LogP contribution in [0.2, 0.25) is 0 Å². The lowest BCUT2D eigenvalue weighted by molar-refractivity contribution is -0.142. The fourth-order valence-electron chi connectivity index (χ4n) is 1.76. The molecule has 0 saturated carbocycles. The molecule has 1 rings (SSSR count). The Bertz CT molecular complexity index is 278. The van der Waals surface area contributed by atoms with Crippen LogP contribution in [0, 0.1) is 11.8 Å². The summed E-state index contributed by atoms with van der Waals surface area (Å²) >= 11 is 1.64. The monoisotopic (exact) mass is 256 g/mol. The molecule has 0 N–H and O–H groups in total. The maximum Gasteiger partial charge on any atom is 0.315 e. The van der Waals surface area contributed by atoms with E-state index in [9.17, 15) is 4.79 Å². The van der Waals surface area contributed by atoms with Crippen LogP contribution < -0.4 is 0 Å². The van der Waals surface area contributed by atoms with E-state index in [1.54, 1.807) is 11.8 Å². The second kappa shape index (κ2) is 6.48. The second-order valence-electron chi connectivity index (χ2n) is 5.76. The number of thioether (sulfide) groups is 1. The van der Waals surface area contributed by atoms with E-state index in [4.69, 9.17) is 4.74 Å². The summed E-state index contributed by atoms with van der Waals surface area (Å²) in [5.41, 5.74) is 0. The molecule has 0 bridgehead atoms. The zero-order valence-corrected chi connectivity index (χ0v) is 12.2. The number of allylic oxidation sites excluding steroid dienone is 2. The third-order valence-corrected chi connectivity index (χ3v) is 4.25. The van der Waals surface area contributed by atoms with E-state index in [1.165, 1.54) is 0 Å². The van der Waals surface area contributed by atoms with Gasteiger partial charge in [-0.3, -0.25) is 4.79 Å². The highest BCUT2D eigenvalue weighted by Crippen LogP contribution is 2.26. The zero-order valence-electron chi connectivity index (χ0n) is 11.4. The highest BCUT2D eigenvalue weighted by Gasteiger charge is 2.20. The van der Waals surface area contributed by atoms with Gasteiger partial charge in [0.2, 0.25) is 0 Å². The molecule has 0 spiro atoms. The van der Waals surface area contributed by atoms with Crippen LogP contribution in [0.1, 0.15) is 40.5 Å². The summed E-state index contributed by atoms with van der Waals surface area (Å²) in [4.78, 5) is 11.6. The third kappa shape index (κ3) is 6.16. The molecule has 0 aromatic rings. The molecule has 98 valence electrons. The topological polar surface area (TPSA) is 26.3 Å². The Hall–Kier alpha value is -0.440. The van der Waals surface area contributed by atoms with Gasteiger partial charge in [-0.1, -0.05) is 39.8 Å². The van der Waals surface area contributed by atoms with E-state index in [0.29, 0.717) is 24.2 Å². The quantitative estimate of drug-likeness (QED) is 0.567. The summed E-state index contributed by atoms with van der Waals surface area (Å²) in [6, 6.07) is 0. The van der Waals surface area contributed by atoms with Gasteiger partial charge in [-0.25, -0.2) is 0 Å². The number of ether oxygens (including phenoxy) is 1. The number of carbonyl (C=O) groups excluding carboxylic acids is 1. The average molecular weight is 256 g/mol. The van der Waals surface area contributed by atoms with Gasteiger partial charge in [0.15, 0.2) is 0 Å². The summed E-state index contributed by atoms with van der Waals surface area (Å²) in [6.45, 7) is 9.14. The summed E-state index contributed by atoms with van der Waals surface area (Å²) in [5, 5.41) is 0. The fourth-order valence-corrected chi connectivity index (χ4v) is 2.39. The number of esters is 1. The first kappa shape index (κ1) is 14.6. The Balaban J connectivity index is 2.21. The lowest BCUT2D eigenvalue weighted by Crippen LogP contribution is -2.23. The van der Waals surface area contributed by atoms with Gasteiger partial charge in [-0.15, -0.1) is 11.8 Å². The molecule has 2 atom stereocenters. The Morgan fingerprint density at radius 2 is 2.00 bits per heavy atom. The van der Waals surface area contributed by atoms with E-state index < -0.39 is 0 Å². The molecule has 0 radical (unpaired) electrons. The van der Waals surface area contributed by atoms with Crippen molar-refractivity contribution in [1.82, 2.24) is 0 Å². The molecule has 0 aromatic carbocycles. The second-order valence-corrected chi connectivity index (χ2v) is 7.57. The fraction of sp³-hybridized carbons (Fsp3) is 0.786. The van der Waals surface area contributed by atoms with Crippen molar-refractivity contribution in [2.24, 2.45) is 11.8 Å². The Labute approximate surface area is 109 Å². The number of hydrogen-bond acceptors (Lipinski definition) is 3. The summed E-state index contributed by atoms with van der Waals surface area (Å²) < 4.78 is 5.48. The van der Waals surface area contributed by atoms with Crippen LogP contribution in [0.4, 0.5) is 0 Å². The maximum absolute atomic E-state index is 11.6. The number of hydrogen-bond donors (Lipinski definition) is 0. The van der Waals surface area contributed by atoms with E-state index >= 15 is 0 Å². The molecule has 3 heteroatoms. The molecular formula is C14H24O2S. The van der Waals surface area contributed by atoms with Crippen LogP contribution in [0.15, 0.2) is 12.2 Å². The minimum absolute atomic E-state index is 0.0771. The lowest BCUT2D eigenvalue weighted by Gasteiger charge is -2.25. The van der Waals surface area contributed by atoms with E-state index in [1.807, 2.05) is 0 Å². The average Bonchev–Trinajstić information content (AvgIpc) is 2.24. The summed E-state index contributed by atoms with van der Waals surface area (Å²) in [6.07, 6.45) is 6.57. The van der Waals surface area contributed by atoms with Crippen molar-refractivity contribution in [3.63, 3.8) is 0 Å². The Morgan fingerprint density at radius 1 is 1.35 bits per heavy atom. The van der Waals surface area contributed by atoms with Crippen molar-refractivity contribution >= 4 is 17.7 Å². The van der Waals surface area contributed by atoms with Crippen molar-refractivity contribution in [3.8, 4) is 0 Å². The van der Waals surface area contributed by atoms with E-state index in [0.717, 1.165) is 12.8 Å². The largest absolute Gasteiger partial charge is 0.465 e. The van der Waals surface area contributed by atoms with Gasteiger partial charge in [0.05, 0.1) is 12.4 Å². The molecule has 0 saturated heterocycles. The van der Waals surface area contributed by atoms with Gasteiger partial charge in [-0.2, -0.15) is 0 Å². The molecule has 1 aliphatic rings. The van der Waals surface area contributed by atoms with Crippen molar-refractivity contribution < 1.29 is 9.53 Å². The molecule has 17 heavy (non-hydrogen) atoms. The molecule has 1 aliphatic carbocycles. The van der Waals surface area contributed by atoms with Gasteiger partial charge in [0.25, 0.3) is 0 Å². The van der Waals surface area contributed by atoms with E-state index in [2.05, 4.69) is 39.8 Å². The van der Waals surface area contributed by atoms with Gasteiger partial charge in [0, 0.05) is 4.75 Å². The van der Waals surface area contributed by atoms with Gasteiger partial charge in [0.1, 0.15) is 0 Å². The molecule has 0 aromatic heterocycles. The molecule has 0 aliphatic heterocycles. The zero-order chi connectivity index (χ0) is 12.9. The Kier molecular flexibility index (Phi) is 5.57. The lowest BCUT2D eigenvalue weighted by atomic mass is 9.85. The first-order chi connectivity index (χ1) is 7.88. The van der Waals surface area contributed by atoms with Crippen LogP contribution in [0.25, 0.3) is 0 Å². The van der Waals surface area contributed by atoms with Crippen LogP contribution in [0.3, 0.4) is 0 Å². The van der Waals surface area contributed by atoms with E-state index in [-0.39, 0.29) is 10.7 Å². The number of carbonyl (C=O) groups is 1. The standard InChI is InChI=1S/C14H24O2S/c1-11-7-5-6-8-12(11)9-16-13(15)10-17-14(2,3)4/h5-6,11-12H,7-10H2,1-4H3/t11-,12+/m1/s1. The first-order valence-electron chi connectivity index (χ1n) is 6.33. The van der Waals surface area contributed by atoms with Crippen LogP contribution in [-0.2, 0) is 9.53 Å². The molecule has 2 nitrogen and oxygen atoms in total. The van der Waals surface area contributed by atoms with Crippen molar-refractivity contribution in [3.05, 3.63) is 12.2 Å².